The van der Waals surface area contributed by atoms with E-state index in [2.05, 4.69) is 34.6 Å². The number of carbonyl (C=O) groups excluding carboxylic acids is 1. The summed E-state index contributed by atoms with van der Waals surface area (Å²) in [5.41, 5.74) is 3.03. The maximum atomic E-state index is 12.1. The molecule has 7 heteroatoms. The van der Waals surface area contributed by atoms with Crippen LogP contribution in [0.5, 0.6) is 0 Å². The van der Waals surface area contributed by atoms with Crippen LogP contribution in [0.25, 0.3) is 16.6 Å². The molecule has 3 aromatic rings. The van der Waals surface area contributed by atoms with Gasteiger partial charge in [-0.05, 0) is 37.5 Å². The summed E-state index contributed by atoms with van der Waals surface area (Å²) in [5, 5.41) is 13.4. The van der Waals surface area contributed by atoms with Crippen molar-refractivity contribution in [3.05, 3.63) is 35.9 Å². The third-order valence-corrected chi connectivity index (χ3v) is 5.39. The molecule has 25 heavy (non-hydrogen) atoms. The van der Waals surface area contributed by atoms with Crippen molar-refractivity contribution in [2.24, 2.45) is 0 Å². The second-order valence-corrected chi connectivity index (χ2v) is 7.19. The van der Waals surface area contributed by atoms with Crippen LogP contribution < -0.4 is 5.32 Å². The lowest BCUT2D eigenvalue weighted by atomic mass is 10.1. The van der Waals surface area contributed by atoms with Crippen molar-refractivity contribution in [1.29, 1.82) is 0 Å². The highest BCUT2D eigenvalue weighted by molar-refractivity contribution is 7.99. The number of nitrogens with zero attached hydrogens (tertiary/aromatic N) is 3. The molecular weight excluding hydrogens is 336 g/mol. The third-order valence-electron chi connectivity index (χ3n) is 4.46. The van der Waals surface area contributed by atoms with E-state index in [4.69, 9.17) is 4.74 Å². The van der Waals surface area contributed by atoms with Crippen LogP contribution in [0.15, 0.2) is 35.5 Å². The first kappa shape index (κ1) is 16.4. The molecule has 1 amide bonds. The van der Waals surface area contributed by atoms with E-state index in [1.807, 2.05) is 22.6 Å². The smallest absolute Gasteiger partial charge is 0.230 e. The fourth-order valence-electron chi connectivity index (χ4n) is 3.18. The zero-order valence-electron chi connectivity index (χ0n) is 14.1. The quantitative estimate of drug-likeness (QED) is 0.712. The van der Waals surface area contributed by atoms with E-state index in [-0.39, 0.29) is 12.0 Å². The summed E-state index contributed by atoms with van der Waals surface area (Å²) in [6, 6.07) is 10.2. The molecule has 3 heterocycles. The molecule has 0 bridgehead atoms. The Bertz CT molecular complexity index is 918. The zero-order chi connectivity index (χ0) is 17.2. The molecular formula is C18H20N4O2S. The van der Waals surface area contributed by atoms with Crippen molar-refractivity contribution in [2.45, 2.75) is 31.0 Å². The maximum absolute atomic E-state index is 12.1. The summed E-state index contributed by atoms with van der Waals surface area (Å²) >= 11 is 1.40. The van der Waals surface area contributed by atoms with Gasteiger partial charge < -0.3 is 10.1 Å². The summed E-state index contributed by atoms with van der Waals surface area (Å²) in [6.45, 7) is 3.46. The minimum Gasteiger partial charge on any atom is -0.376 e. The fourth-order valence-corrected chi connectivity index (χ4v) is 3.96. The van der Waals surface area contributed by atoms with Crippen molar-refractivity contribution >= 4 is 34.2 Å². The summed E-state index contributed by atoms with van der Waals surface area (Å²) in [4.78, 5) is 12.1. The number of ether oxygens (including phenoxy) is 1. The summed E-state index contributed by atoms with van der Waals surface area (Å²) in [5.74, 6) is 0.309. The molecule has 1 fully saturated rings. The Kier molecular flexibility index (Phi) is 4.59. The lowest BCUT2D eigenvalue weighted by molar-refractivity contribution is -0.119. The number of aromatic nitrogens is 3. The SMILES string of the molecule is Cc1cc2nnc(SCC(=O)NC[C@H]3CCCO3)n2c2ccccc12. The Morgan fingerprint density at radius 3 is 3.12 bits per heavy atom. The Balaban J connectivity index is 1.50. The van der Waals surface area contributed by atoms with Crippen molar-refractivity contribution in [1.82, 2.24) is 19.9 Å². The zero-order valence-corrected chi connectivity index (χ0v) is 14.9. The van der Waals surface area contributed by atoms with E-state index < -0.39 is 0 Å². The Labute approximate surface area is 150 Å². The van der Waals surface area contributed by atoms with Gasteiger partial charge in [0.1, 0.15) is 0 Å². The average Bonchev–Trinajstić information content (AvgIpc) is 3.28. The Morgan fingerprint density at radius 2 is 2.28 bits per heavy atom. The monoisotopic (exact) mass is 356 g/mol. The number of carbonyl (C=O) groups is 1. The average molecular weight is 356 g/mol. The predicted molar refractivity (Wildman–Crippen MR) is 97.9 cm³/mol. The standard InChI is InChI=1S/C18H20N4O2S/c1-12-9-16-20-21-18(22(16)15-7-3-2-6-14(12)15)25-11-17(23)19-10-13-5-4-8-24-13/h2-3,6-7,9,13H,4-5,8,10-11H2,1H3,(H,19,23)/t13-/m1/s1. The van der Waals surface area contributed by atoms with E-state index >= 15 is 0 Å². The minimum atomic E-state index is -0.00586. The van der Waals surface area contributed by atoms with Gasteiger partial charge in [0, 0.05) is 18.5 Å². The first-order valence-electron chi connectivity index (χ1n) is 8.47. The number of para-hydroxylation sites is 1. The number of rotatable bonds is 5. The number of hydrogen-bond acceptors (Lipinski definition) is 5. The van der Waals surface area contributed by atoms with Crippen molar-refractivity contribution < 1.29 is 9.53 Å². The minimum absolute atomic E-state index is 0.00586. The van der Waals surface area contributed by atoms with Crippen molar-refractivity contribution in [3.63, 3.8) is 0 Å². The van der Waals surface area contributed by atoms with Gasteiger partial charge in [-0.1, -0.05) is 30.0 Å². The van der Waals surface area contributed by atoms with Gasteiger partial charge in [0.25, 0.3) is 0 Å². The number of aryl methyl sites for hydroxylation is 1. The highest BCUT2D eigenvalue weighted by atomic mass is 32.2. The first-order chi connectivity index (χ1) is 12.2. The number of benzene rings is 1. The van der Waals surface area contributed by atoms with E-state index in [0.29, 0.717) is 12.3 Å². The van der Waals surface area contributed by atoms with Gasteiger partial charge in [0.05, 0.1) is 17.4 Å². The molecule has 1 aromatic carbocycles. The second kappa shape index (κ2) is 7.01. The van der Waals surface area contributed by atoms with Gasteiger partial charge in [0.15, 0.2) is 10.8 Å². The van der Waals surface area contributed by atoms with Crippen LogP contribution in [0.1, 0.15) is 18.4 Å². The van der Waals surface area contributed by atoms with Crippen LogP contribution in [-0.4, -0.2) is 45.5 Å². The van der Waals surface area contributed by atoms with Crippen LogP contribution in [0, 0.1) is 6.92 Å². The summed E-state index contributed by atoms with van der Waals surface area (Å²) in [6.07, 6.45) is 2.26. The summed E-state index contributed by atoms with van der Waals surface area (Å²) in [7, 11) is 0. The normalized spacial score (nSPS) is 17.4. The van der Waals surface area contributed by atoms with Gasteiger partial charge in [-0.3, -0.25) is 9.20 Å². The fraction of sp³-hybridized carbons (Fsp3) is 0.389. The van der Waals surface area contributed by atoms with Gasteiger partial charge in [0.2, 0.25) is 5.91 Å². The van der Waals surface area contributed by atoms with E-state index in [9.17, 15) is 4.79 Å². The van der Waals surface area contributed by atoms with Crippen molar-refractivity contribution in [3.8, 4) is 0 Å². The molecule has 6 nitrogen and oxygen atoms in total. The van der Waals surface area contributed by atoms with Crippen LogP contribution in [-0.2, 0) is 9.53 Å². The van der Waals surface area contributed by atoms with Crippen LogP contribution >= 0.6 is 11.8 Å². The number of hydrogen-bond donors (Lipinski definition) is 1. The Morgan fingerprint density at radius 1 is 1.40 bits per heavy atom. The number of pyridine rings is 1. The molecule has 0 radical (unpaired) electrons. The number of nitrogens with one attached hydrogen (secondary N) is 1. The third kappa shape index (κ3) is 3.34. The van der Waals surface area contributed by atoms with Crippen LogP contribution in [0.3, 0.4) is 0 Å². The lowest BCUT2D eigenvalue weighted by Crippen LogP contribution is -2.32. The van der Waals surface area contributed by atoms with Gasteiger partial charge in [-0.2, -0.15) is 0 Å². The molecule has 4 rings (SSSR count). The van der Waals surface area contributed by atoms with E-state index in [1.54, 1.807) is 0 Å². The second-order valence-electron chi connectivity index (χ2n) is 6.25. The van der Waals surface area contributed by atoms with Crippen LogP contribution in [0.2, 0.25) is 0 Å². The summed E-state index contributed by atoms with van der Waals surface area (Å²) < 4.78 is 7.54. The maximum Gasteiger partial charge on any atom is 0.230 e. The highest BCUT2D eigenvalue weighted by Gasteiger charge is 2.17. The molecule has 1 aliphatic heterocycles. The molecule has 0 unspecified atom stereocenters. The lowest BCUT2D eigenvalue weighted by Gasteiger charge is -2.10. The van der Waals surface area contributed by atoms with E-state index in [0.717, 1.165) is 35.8 Å². The molecule has 1 N–H and O–H groups in total. The molecule has 1 saturated heterocycles. The molecule has 130 valence electrons. The van der Waals surface area contributed by atoms with Gasteiger partial charge in [-0.25, -0.2) is 0 Å². The molecule has 1 atom stereocenters. The molecule has 1 aliphatic rings. The molecule has 0 aliphatic carbocycles. The number of fused-ring (bicyclic) bond motifs is 3. The molecule has 0 spiro atoms. The van der Waals surface area contributed by atoms with Crippen LogP contribution in [0.4, 0.5) is 0 Å². The number of thioether (sulfide) groups is 1. The molecule has 2 aromatic heterocycles. The highest BCUT2D eigenvalue weighted by Crippen LogP contribution is 2.25. The van der Waals surface area contributed by atoms with Gasteiger partial charge >= 0.3 is 0 Å². The predicted octanol–water partition coefficient (Wildman–Crippen LogP) is 2.58. The van der Waals surface area contributed by atoms with Crippen molar-refractivity contribution in [2.75, 3.05) is 18.9 Å². The van der Waals surface area contributed by atoms with Gasteiger partial charge in [-0.15, -0.1) is 10.2 Å². The topological polar surface area (TPSA) is 68.5 Å². The molecule has 0 saturated carbocycles. The largest absolute Gasteiger partial charge is 0.376 e. The Hall–Kier alpha value is -2.12. The van der Waals surface area contributed by atoms with E-state index in [1.165, 1.54) is 22.7 Å². The number of amides is 1. The first-order valence-corrected chi connectivity index (χ1v) is 9.45.